The van der Waals surface area contributed by atoms with E-state index >= 15 is 0 Å². The molecule has 0 amide bonds. The van der Waals surface area contributed by atoms with Crippen molar-refractivity contribution in [3.63, 3.8) is 0 Å². The van der Waals surface area contributed by atoms with E-state index in [1.54, 1.807) is 6.07 Å². The van der Waals surface area contributed by atoms with E-state index < -0.39 is 36.8 Å². The minimum atomic E-state index is -1.28. The normalized spacial score (nSPS) is 32.8. The summed E-state index contributed by atoms with van der Waals surface area (Å²) in [7, 11) is 0. The first-order valence-electron chi connectivity index (χ1n) is 7.08. The second-order valence-corrected chi connectivity index (χ2v) is 5.40. The van der Waals surface area contributed by atoms with Crippen molar-refractivity contribution in [3.05, 3.63) is 22.7 Å². The lowest BCUT2D eigenvalue weighted by atomic mass is 10.1. The lowest BCUT2D eigenvalue weighted by Crippen LogP contribution is -2.36. The van der Waals surface area contributed by atoms with Crippen LogP contribution in [0.15, 0.2) is 17.1 Å². The summed E-state index contributed by atoms with van der Waals surface area (Å²) in [4.78, 5) is 18.2. The van der Waals surface area contributed by atoms with Crippen molar-refractivity contribution >= 4 is 5.82 Å². The van der Waals surface area contributed by atoms with Crippen molar-refractivity contribution in [1.29, 1.82) is 0 Å². The fourth-order valence-electron chi connectivity index (χ4n) is 2.83. The summed E-state index contributed by atoms with van der Waals surface area (Å²) < 4.78 is 6.47. The molecule has 4 atom stereocenters. The van der Waals surface area contributed by atoms with E-state index in [0.717, 1.165) is 30.5 Å². The van der Waals surface area contributed by atoms with Gasteiger partial charge in [0, 0.05) is 19.3 Å². The summed E-state index contributed by atoms with van der Waals surface area (Å²) >= 11 is 0. The molecule has 1 aromatic heterocycles. The van der Waals surface area contributed by atoms with Crippen LogP contribution in [0.2, 0.25) is 0 Å². The number of aliphatic hydroxyl groups excluding tert-OH is 3. The molecule has 0 bridgehead atoms. The second kappa shape index (κ2) is 5.72. The Kier molecular flexibility index (Phi) is 3.94. The van der Waals surface area contributed by atoms with E-state index in [2.05, 4.69) is 4.98 Å². The summed E-state index contributed by atoms with van der Waals surface area (Å²) in [6.45, 7) is 1.33. The minimum Gasteiger partial charge on any atom is -0.394 e. The van der Waals surface area contributed by atoms with Gasteiger partial charge in [0.1, 0.15) is 24.1 Å². The second-order valence-electron chi connectivity index (χ2n) is 5.40. The first-order valence-corrected chi connectivity index (χ1v) is 7.08. The molecule has 116 valence electrons. The van der Waals surface area contributed by atoms with Crippen molar-refractivity contribution in [1.82, 2.24) is 9.55 Å². The van der Waals surface area contributed by atoms with Gasteiger partial charge in [-0.25, -0.2) is 4.79 Å². The zero-order valence-electron chi connectivity index (χ0n) is 11.5. The van der Waals surface area contributed by atoms with Crippen molar-refractivity contribution in [2.75, 3.05) is 24.6 Å². The molecule has 8 heteroatoms. The number of hydrogen-bond donors (Lipinski definition) is 3. The predicted molar refractivity (Wildman–Crippen MR) is 73.0 cm³/mol. The lowest BCUT2D eigenvalue weighted by molar-refractivity contribution is -0.0549. The van der Waals surface area contributed by atoms with Crippen LogP contribution in [-0.2, 0) is 4.74 Å². The Morgan fingerprint density at radius 3 is 2.57 bits per heavy atom. The van der Waals surface area contributed by atoms with E-state index in [9.17, 15) is 15.0 Å². The Balaban J connectivity index is 1.84. The first-order chi connectivity index (χ1) is 10.1. The van der Waals surface area contributed by atoms with E-state index in [0.29, 0.717) is 5.82 Å². The molecule has 3 heterocycles. The highest BCUT2D eigenvalue weighted by Gasteiger charge is 2.43. The zero-order valence-corrected chi connectivity index (χ0v) is 11.5. The summed E-state index contributed by atoms with van der Waals surface area (Å²) in [6.07, 6.45) is -0.785. The molecule has 2 fully saturated rings. The maximum atomic E-state index is 12.1. The van der Waals surface area contributed by atoms with Gasteiger partial charge in [-0.1, -0.05) is 0 Å². The molecule has 21 heavy (non-hydrogen) atoms. The summed E-state index contributed by atoms with van der Waals surface area (Å²) in [5.41, 5.74) is -0.547. The van der Waals surface area contributed by atoms with Crippen molar-refractivity contribution in [2.24, 2.45) is 0 Å². The molecule has 0 saturated carbocycles. The number of aliphatic hydroxyl groups is 3. The topological polar surface area (TPSA) is 108 Å². The SMILES string of the molecule is O=c1nc(N2CCCC2)ccn1[C@H]1O[C@@H](CO)[C@@H](O)[C@H]1O. The molecule has 3 rings (SSSR count). The van der Waals surface area contributed by atoms with Crippen LogP contribution in [0.4, 0.5) is 5.82 Å². The average Bonchev–Trinajstić information content (AvgIpc) is 3.10. The van der Waals surface area contributed by atoms with E-state index in [4.69, 9.17) is 9.84 Å². The zero-order chi connectivity index (χ0) is 15.0. The highest BCUT2D eigenvalue weighted by atomic mass is 16.6. The Morgan fingerprint density at radius 1 is 1.29 bits per heavy atom. The molecule has 3 N–H and O–H groups in total. The van der Waals surface area contributed by atoms with Crippen LogP contribution >= 0.6 is 0 Å². The maximum absolute atomic E-state index is 12.1. The van der Waals surface area contributed by atoms with Gasteiger partial charge in [-0.3, -0.25) is 4.57 Å². The largest absolute Gasteiger partial charge is 0.394 e. The molecule has 0 aromatic carbocycles. The van der Waals surface area contributed by atoms with E-state index in [-0.39, 0.29) is 0 Å². The fraction of sp³-hybridized carbons (Fsp3) is 0.692. The number of rotatable bonds is 3. The Labute approximate surface area is 121 Å². The molecular formula is C13H19N3O5. The smallest absolute Gasteiger partial charge is 0.351 e. The number of aromatic nitrogens is 2. The lowest BCUT2D eigenvalue weighted by Gasteiger charge is -2.20. The average molecular weight is 297 g/mol. The van der Waals surface area contributed by atoms with Crippen LogP contribution < -0.4 is 10.6 Å². The van der Waals surface area contributed by atoms with E-state index in [1.165, 1.54) is 6.20 Å². The van der Waals surface area contributed by atoms with Gasteiger partial charge in [0.15, 0.2) is 6.23 Å². The minimum absolute atomic E-state index is 0.428. The van der Waals surface area contributed by atoms with Gasteiger partial charge in [0.25, 0.3) is 0 Å². The predicted octanol–water partition coefficient (Wildman–Crippen LogP) is -1.54. The molecule has 2 aliphatic rings. The van der Waals surface area contributed by atoms with Crippen LogP contribution in [0.5, 0.6) is 0 Å². The molecule has 8 nitrogen and oxygen atoms in total. The third-order valence-corrected chi connectivity index (χ3v) is 4.04. The van der Waals surface area contributed by atoms with Crippen LogP contribution in [0, 0.1) is 0 Å². The van der Waals surface area contributed by atoms with Gasteiger partial charge in [-0.15, -0.1) is 0 Å². The summed E-state index contributed by atoms with van der Waals surface area (Å²) in [6, 6.07) is 1.70. The number of ether oxygens (including phenoxy) is 1. The standard InChI is InChI=1S/C13H19N3O5/c17-7-8-10(18)11(19)12(21-8)16-6-3-9(14-13(16)20)15-4-1-2-5-15/h3,6,8,10-12,17-19H,1-2,4-5,7H2/t8-,10+,11+,12-/m0/s1. The van der Waals surface area contributed by atoms with Gasteiger partial charge in [0.05, 0.1) is 6.61 Å². The molecule has 0 aliphatic carbocycles. The summed E-state index contributed by atoms with van der Waals surface area (Å²) in [5, 5.41) is 28.7. The van der Waals surface area contributed by atoms with Gasteiger partial charge >= 0.3 is 5.69 Å². The van der Waals surface area contributed by atoms with E-state index in [1.807, 2.05) is 4.90 Å². The van der Waals surface area contributed by atoms with Crippen LogP contribution in [0.3, 0.4) is 0 Å². The van der Waals surface area contributed by atoms with Gasteiger partial charge in [-0.05, 0) is 18.9 Å². The van der Waals surface area contributed by atoms with Crippen LogP contribution in [0.1, 0.15) is 19.1 Å². The molecule has 1 aromatic rings. The monoisotopic (exact) mass is 297 g/mol. The highest BCUT2D eigenvalue weighted by Crippen LogP contribution is 2.28. The highest BCUT2D eigenvalue weighted by molar-refractivity contribution is 5.37. The van der Waals surface area contributed by atoms with Crippen molar-refractivity contribution in [2.45, 2.75) is 37.4 Å². The third-order valence-electron chi connectivity index (χ3n) is 4.04. The molecule has 2 saturated heterocycles. The van der Waals surface area contributed by atoms with Gasteiger partial charge < -0.3 is 25.0 Å². The Bertz CT molecular complexity index is 557. The first kappa shape index (κ1) is 14.5. The molecule has 2 aliphatic heterocycles. The van der Waals surface area contributed by atoms with Gasteiger partial charge in [0.2, 0.25) is 0 Å². The molecule has 0 unspecified atom stereocenters. The Hall–Kier alpha value is -1.48. The van der Waals surface area contributed by atoms with Crippen LogP contribution in [-0.4, -0.2) is 62.9 Å². The summed E-state index contributed by atoms with van der Waals surface area (Å²) in [5.74, 6) is 0.612. The van der Waals surface area contributed by atoms with Crippen molar-refractivity contribution in [3.8, 4) is 0 Å². The van der Waals surface area contributed by atoms with Crippen molar-refractivity contribution < 1.29 is 20.1 Å². The Morgan fingerprint density at radius 2 is 2.00 bits per heavy atom. The molecular weight excluding hydrogens is 278 g/mol. The number of nitrogens with zero attached hydrogens (tertiary/aromatic N) is 3. The fourth-order valence-corrected chi connectivity index (χ4v) is 2.83. The quantitative estimate of drug-likeness (QED) is 0.620. The third kappa shape index (κ3) is 2.55. The maximum Gasteiger partial charge on any atom is 0.351 e. The number of anilines is 1. The molecule has 0 radical (unpaired) electrons. The molecule has 0 spiro atoms. The van der Waals surface area contributed by atoms with Gasteiger partial charge in [-0.2, -0.15) is 4.98 Å². The number of hydrogen-bond acceptors (Lipinski definition) is 7. The van der Waals surface area contributed by atoms with Crippen LogP contribution in [0.25, 0.3) is 0 Å².